The molecule has 25 heavy (non-hydrogen) atoms. The minimum absolute atomic E-state index is 0.0172. The maximum Gasteiger partial charge on any atom is 0.251 e. The van der Waals surface area contributed by atoms with Crippen LogP contribution in [0.3, 0.4) is 0 Å². The highest BCUT2D eigenvalue weighted by atomic mass is 32.1. The van der Waals surface area contributed by atoms with Gasteiger partial charge in [-0.3, -0.25) is 9.69 Å². The van der Waals surface area contributed by atoms with Crippen molar-refractivity contribution in [3.63, 3.8) is 0 Å². The summed E-state index contributed by atoms with van der Waals surface area (Å²) in [4.78, 5) is 15.0. The van der Waals surface area contributed by atoms with Crippen molar-refractivity contribution in [2.24, 2.45) is 0 Å². The van der Waals surface area contributed by atoms with Crippen LogP contribution in [0.1, 0.15) is 22.3 Å². The van der Waals surface area contributed by atoms with E-state index in [0.29, 0.717) is 5.56 Å². The van der Waals surface area contributed by atoms with Crippen molar-refractivity contribution in [2.45, 2.75) is 19.0 Å². The molecule has 5 nitrogen and oxygen atoms in total. The number of carbonyl (C=O) groups is 1. The topological polar surface area (TPSA) is 50.2 Å². The Labute approximate surface area is 150 Å². The fourth-order valence-corrected chi connectivity index (χ4v) is 3.87. The van der Waals surface area contributed by atoms with Crippen LogP contribution < -0.4 is 5.32 Å². The number of aromatic nitrogens is 2. The highest BCUT2D eigenvalue weighted by Gasteiger charge is 2.24. The second-order valence-corrected chi connectivity index (χ2v) is 7.11. The van der Waals surface area contributed by atoms with E-state index in [1.54, 1.807) is 22.2 Å². The van der Waals surface area contributed by atoms with Crippen LogP contribution in [0.15, 0.2) is 59.6 Å². The lowest BCUT2D eigenvalue weighted by Gasteiger charge is -2.16. The summed E-state index contributed by atoms with van der Waals surface area (Å²) < 4.78 is 1.76. The Morgan fingerprint density at radius 3 is 3.08 bits per heavy atom. The highest BCUT2D eigenvalue weighted by molar-refractivity contribution is 7.07. The van der Waals surface area contributed by atoms with Gasteiger partial charge in [-0.05, 0) is 53.1 Å². The molecule has 1 amide bonds. The third-order valence-electron chi connectivity index (χ3n) is 4.47. The van der Waals surface area contributed by atoms with Crippen molar-refractivity contribution in [1.82, 2.24) is 20.0 Å². The Bertz CT molecular complexity index is 829. The zero-order valence-corrected chi connectivity index (χ0v) is 14.7. The van der Waals surface area contributed by atoms with Gasteiger partial charge in [0.15, 0.2) is 0 Å². The molecule has 0 aliphatic carbocycles. The molecule has 6 heteroatoms. The predicted molar refractivity (Wildman–Crippen MR) is 99.0 cm³/mol. The predicted octanol–water partition coefficient (Wildman–Crippen LogP) is 2.94. The lowest BCUT2D eigenvalue weighted by Crippen LogP contribution is -2.37. The van der Waals surface area contributed by atoms with Crippen molar-refractivity contribution >= 4 is 17.2 Å². The van der Waals surface area contributed by atoms with E-state index < -0.39 is 0 Å². The molecule has 3 heterocycles. The molecular weight excluding hydrogens is 332 g/mol. The largest absolute Gasteiger partial charge is 0.348 e. The van der Waals surface area contributed by atoms with E-state index in [0.717, 1.165) is 31.7 Å². The quantitative estimate of drug-likeness (QED) is 0.768. The first-order chi connectivity index (χ1) is 12.3. The molecule has 1 saturated heterocycles. The minimum Gasteiger partial charge on any atom is -0.348 e. The summed E-state index contributed by atoms with van der Waals surface area (Å²) in [6, 6.07) is 11.8. The lowest BCUT2D eigenvalue weighted by atomic mass is 10.1. The molecule has 128 valence electrons. The molecule has 0 spiro atoms. The van der Waals surface area contributed by atoms with Crippen LogP contribution in [0.5, 0.6) is 0 Å². The summed E-state index contributed by atoms with van der Waals surface area (Å²) in [5.74, 6) is -0.0172. The lowest BCUT2D eigenvalue weighted by molar-refractivity contribution is 0.0937. The second kappa shape index (κ2) is 7.21. The number of nitrogens with one attached hydrogen (secondary N) is 1. The first-order valence-corrected chi connectivity index (χ1v) is 9.36. The number of hydrogen-bond acceptors (Lipinski definition) is 4. The van der Waals surface area contributed by atoms with Gasteiger partial charge >= 0.3 is 0 Å². The van der Waals surface area contributed by atoms with E-state index in [2.05, 4.69) is 32.1 Å². The molecule has 1 fully saturated rings. The summed E-state index contributed by atoms with van der Waals surface area (Å²) in [5, 5.41) is 11.7. The van der Waals surface area contributed by atoms with Crippen molar-refractivity contribution in [3.8, 4) is 5.69 Å². The first kappa shape index (κ1) is 16.1. The van der Waals surface area contributed by atoms with E-state index in [-0.39, 0.29) is 11.9 Å². The van der Waals surface area contributed by atoms with Crippen molar-refractivity contribution in [3.05, 3.63) is 70.7 Å². The van der Waals surface area contributed by atoms with Crippen LogP contribution in [0.2, 0.25) is 0 Å². The average molecular weight is 352 g/mol. The normalized spacial score (nSPS) is 17.7. The monoisotopic (exact) mass is 352 g/mol. The van der Waals surface area contributed by atoms with Crippen LogP contribution in [-0.2, 0) is 6.54 Å². The number of benzene rings is 1. The Hall–Kier alpha value is -2.44. The molecule has 0 saturated carbocycles. The molecule has 1 aliphatic heterocycles. The van der Waals surface area contributed by atoms with Gasteiger partial charge in [-0.25, -0.2) is 4.68 Å². The fourth-order valence-electron chi connectivity index (χ4n) is 3.21. The highest BCUT2D eigenvalue weighted by Crippen LogP contribution is 2.16. The van der Waals surface area contributed by atoms with Crippen LogP contribution >= 0.6 is 11.3 Å². The summed E-state index contributed by atoms with van der Waals surface area (Å²) in [6.45, 7) is 2.89. The standard InChI is InChI=1S/C19H20N4OS/c24-19(16-3-1-4-18(11-16)23-8-2-7-20-23)21-17-5-9-22(13-17)12-15-6-10-25-14-15/h1-4,6-8,10-11,14,17H,5,9,12-13H2,(H,21,24). The van der Waals surface area contributed by atoms with Crippen LogP contribution in [0.4, 0.5) is 0 Å². The second-order valence-electron chi connectivity index (χ2n) is 6.33. The van der Waals surface area contributed by atoms with Crippen molar-refractivity contribution < 1.29 is 4.79 Å². The molecule has 2 aromatic heterocycles. The minimum atomic E-state index is -0.0172. The Morgan fingerprint density at radius 1 is 1.32 bits per heavy atom. The molecule has 3 aromatic rings. The average Bonchev–Trinajstić information content (AvgIpc) is 3.38. The Morgan fingerprint density at radius 2 is 2.28 bits per heavy atom. The van der Waals surface area contributed by atoms with Gasteiger partial charge in [0.1, 0.15) is 0 Å². The van der Waals surface area contributed by atoms with Gasteiger partial charge in [0.05, 0.1) is 5.69 Å². The van der Waals surface area contributed by atoms with Gasteiger partial charge in [-0.15, -0.1) is 0 Å². The smallest absolute Gasteiger partial charge is 0.251 e. The third kappa shape index (κ3) is 3.81. The number of carbonyl (C=O) groups excluding carboxylic acids is 1. The van der Waals surface area contributed by atoms with Crippen LogP contribution in [-0.4, -0.2) is 39.7 Å². The molecule has 4 rings (SSSR count). The Kier molecular flexibility index (Phi) is 4.63. The van der Waals surface area contributed by atoms with E-state index in [9.17, 15) is 4.79 Å². The molecule has 1 N–H and O–H groups in total. The maximum atomic E-state index is 12.6. The summed E-state index contributed by atoms with van der Waals surface area (Å²) >= 11 is 1.73. The van der Waals surface area contributed by atoms with E-state index >= 15 is 0 Å². The zero-order chi connectivity index (χ0) is 17.1. The van der Waals surface area contributed by atoms with Crippen molar-refractivity contribution in [1.29, 1.82) is 0 Å². The van der Waals surface area contributed by atoms with Gasteiger partial charge in [-0.1, -0.05) is 6.07 Å². The molecule has 0 bridgehead atoms. The number of thiophene rings is 1. The van der Waals surface area contributed by atoms with Gasteiger partial charge in [-0.2, -0.15) is 16.4 Å². The molecule has 1 aromatic carbocycles. The first-order valence-electron chi connectivity index (χ1n) is 8.42. The number of rotatable bonds is 5. The van der Waals surface area contributed by atoms with E-state index in [4.69, 9.17) is 0 Å². The fraction of sp³-hybridized carbons (Fsp3) is 0.263. The molecule has 1 atom stereocenters. The Balaban J connectivity index is 1.37. The molecule has 1 unspecified atom stereocenters. The summed E-state index contributed by atoms with van der Waals surface area (Å²) in [6.07, 6.45) is 4.60. The number of nitrogens with zero attached hydrogens (tertiary/aromatic N) is 3. The number of likely N-dealkylation sites (tertiary alicyclic amines) is 1. The van der Waals surface area contributed by atoms with Crippen LogP contribution in [0, 0.1) is 0 Å². The summed E-state index contributed by atoms with van der Waals surface area (Å²) in [7, 11) is 0. The van der Waals surface area contributed by atoms with Crippen LogP contribution in [0.25, 0.3) is 5.69 Å². The SMILES string of the molecule is O=C(NC1CCN(Cc2ccsc2)C1)c1cccc(-n2cccn2)c1. The van der Waals surface area contributed by atoms with Gasteiger partial charge in [0.2, 0.25) is 0 Å². The van der Waals surface area contributed by atoms with Gasteiger partial charge in [0.25, 0.3) is 5.91 Å². The molecule has 1 aliphatic rings. The van der Waals surface area contributed by atoms with E-state index in [1.165, 1.54) is 5.56 Å². The maximum absolute atomic E-state index is 12.6. The molecular formula is C19H20N4OS. The third-order valence-corrected chi connectivity index (χ3v) is 5.20. The molecule has 0 radical (unpaired) electrons. The zero-order valence-electron chi connectivity index (χ0n) is 13.8. The summed E-state index contributed by atoms with van der Waals surface area (Å²) in [5.41, 5.74) is 2.91. The number of hydrogen-bond donors (Lipinski definition) is 1. The van der Waals surface area contributed by atoms with Crippen molar-refractivity contribution in [2.75, 3.05) is 13.1 Å². The van der Waals surface area contributed by atoms with Gasteiger partial charge < -0.3 is 5.32 Å². The number of amides is 1. The van der Waals surface area contributed by atoms with Gasteiger partial charge in [0, 0.05) is 43.6 Å². The van der Waals surface area contributed by atoms with E-state index in [1.807, 2.05) is 36.5 Å².